The van der Waals surface area contributed by atoms with Crippen LogP contribution in [0.4, 0.5) is 0 Å². The molecule has 0 spiro atoms. The number of rotatable bonds is 2. The van der Waals surface area contributed by atoms with Gasteiger partial charge in [-0.2, -0.15) is 5.10 Å². The van der Waals surface area contributed by atoms with Gasteiger partial charge in [-0.25, -0.2) is 0 Å². The van der Waals surface area contributed by atoms with Gasteiger partial charge < -0.3 is 0 Å². The minimum absolute atomic E-state index is 0.514. The van der Waals surface area contributed by atoms with Crippen molar-refractivity contribution < 1.29 is 0 Å². The van der Waals surface area contributed by atoms with E-state index in [4.69, 9.17) is 35.4 Å². The topological polar surface area (TPSA) is 33.6 Å². The molecule has 0 saturated carbocycles. The monoisotopic (exact) mass is 335 g/mol. The third-order valence-electron chi connectivity index (χ3n) is 3.19. The lowest BCUT2D eigenvalue weighted by atomic mass is 10.2. The van der Waals surface area contributed by atoms with Gasteiger partial charge in [-0.05, 0) is 61.1 Å². The van der Waals surface area contributed by atoms with Crippen molar-refractivity contribution in [2.45, 2.75) is 6.92 Å². The molecule has 3 aromatic rings. The fourth-order valence-electron chi connectivity index (χ4n) is 2.05. The first-order chi connectivity index (χ1) is 10.1. The highest BCUT2D eigenvalue weighted by atomic mass is 35.5. The Hall–Kier alpha value is -1.62. The number of aromatic amines is 1. The molecule has 21 heavy (non-hydrogen) atoms. The van der Waals surface area contributed by atoms with E-state index in [1.165, 1.54) is 0 Å². The molecule has 0 unspecified atom stereocenters. The summed E-state index contributed by atoms with van der Waals surface area (Å²) in [5.74, 6) is 0.719. The molecule has 0 fully saturated rings. The van der Waals surface area contributed by atoms with Crippen molar-refractivity contribution in [3.63, 3.8) is 0 Å². The van der Waals surface area contributed by atoms with Crippen molar-refractivity contribution in [3.8, 4) is 17.1 Å². The van der Waals surface area contributed by atoms with Crippen LogP contribution in [0.1, 0.15) is 5.56 Å². The average Bonchev–Trinajstić information content (AvgIpc) is 2.85. The van der Waals surface area contributed by atoms with Crippen LogP contribution in [0.15, 0.2) is 42.5 Å². The Labute approximate surface area is 137 Å². The first-order valence-corrected chi connectivity index (χ1v) is 7.42. The van der Waals surface area contributed by atoms with Crippen LogP contribution in [0.5, 0.6) is 0 Å². The fourth-order valence-corrected chi connectivity index (χ4v) is 2.59. The van der Waals surface area contributed by atoms with Crippen molar-refractivity contribution in [2.24, 2.45) is 0 Å². The molecule has 0 saturated heterocycles. The summed E-state index contributed by atoms with van der Waals surface area (Å²) >= 11 is 17.5. The van der Waals surface area contributed by atoms with E-state index in [-0.39, 0.29) is 0 Å². The van der Waals surface area contributed by atoms with Gasteiger partial charge in [0.15, 0.2) is 10.6 Å². The molecule has 106 valence electrons. The molecule has 0 aliphatic rings. The van der Waals surface area contributed by atoms with Crippen molar-refractivity contribution in [1.82, 2.24) is 14.8 Å². The fraction of sp³-hybridized carbons (Fsp3) is 0.0667. The summed E-state index contributed by atoms with van der Waals surface area (Å²) in [5, 5.41) is 8.50. The molecule has 1 aromatic heterocycles. The zero-order valence-corrected chi connectivity index (χ0v) is 13.4. The van der Waals surface area contributed by atoms with Crippen LogP contribution < -0.4 is 0 Å². The van der Waals surface area contributed by atoms with E-state index < -0.39 is 0 Å². The van der Waals surface area contributed by atoms with E-state index in [0.717, 1.165) is 22.6 Å². The second kappa shape index (κ2) is 5.64. The quantitative estimate of drug-likeness (QED) is 0.652. The maximum atomic E-state index is 6.21. The third-order valence-corrected chi connectivity index (χ3v) is 4.12. The summed E-state index contributed by atoms with van der Waals surface area (Å²) in [6.07, 6.45) is 0. The second-order valence-corrected chi connectivity index (χ2v) is 5.86. The molecule has 1 heterocycles. The lowest BCUT2D eigenvalue weighted by Crippen LogP contribution is -1.98. The van der Waals surface area contributed by atoms with Gasteiger partial charge in [-0.3, -0.25) is 9.67 Å². The highest BCUT2D eigenvalue weighted by Gasteiger charge is 2.11. The Kier molecular flexibility index (Phi) is 3.85. The molecule has 2 aromatic carbocycles. The molecule has 0 atom stereocenters. The Morgan fingerprint density at radius 3 is 2.48 bits per heavy atom. The minimum atomic E-state index is 0.514. The molecule has 6 heteroatoms. The highest BCUT2D eigenvalue weighted by molar-refractivity contribution is 7.71. The van der Waals surface area contributed by atoms with E-state index >= 15 is 0 Å². The summed E-state index contributed by atoms with van der Waals surface area (Å²) in [6, 6.07) is 13.2. The summed E-state index contributed by atoms with van der Waals surface area (Å²) in [7, 11) is 0. The molecule has 3 nitrogen and oxygen atoms in total. The molecule has 0 aliphatic carbocycles. The number of benzene rings is 2. The van der Waals surface area contributed by atoms with Gasteiger partial charge in [-0.1, -0.05) is 29.3 Å². The maximum absolute atomic E-state index is 6.21. The zero-order valence-electron chi connectivity index (χ0n) is 11.1. The summed E-state index contributed by atoms with van der Waals surface area (Å²) in [4.78, 5) is 0. The predicted octanol–water partition coefficient (Wildman–Crippen LogP) is 5.21. The molecule has 0 bridgehead atoms. The Bertz CT molecular complexity index is 850. The highest BCUT2D eigenvalue weighted by Crippen LogP contribution is 2.25. The first-order valence-electron chi connectivity index (χ1n) is 6.26. The van der Waals surface area contributed by atoms with Crippen LogP contribution in [-0.2, 0) is 0 Å². The Balaban J connectivity index is 2.19. The molecular formula is C15H11Cl2N3S. The molecular weight excluding hydrogens is 325 g/mol. The van der Waals surface area contributed by atoms with Gasteiger partial charge in [0.2, 0.25) is 0 Å². The summed E-state index contributed by atoms with van der Waals surface area (Å²) in [6.45, 7) is 1.96. The SMILES string of the molecule is Cc1ccc(-n2c(-c3ccc(Cl)cc3)n[nH]c2=S)cc1Cl. The smallest absolute Gasteiger partial charge is 0.200 e. The van der Waals surface area contributed by atoms with Crippen molar-refractivity contribution >= 4 is 35.4 Å². The molecule has 0 aliphatic heterocycles. The van der Waals surface area contributed by atoms with Crippen molar-refractivity contribution in [3.05, 3.63) is 62.8 Å². The van der Waals surface area contributed by atoms with E-state index in [1.54, 1.807) is 0 Å². The van der Waals surface area contributed by atoms with Crippen LogP contribution in [0.2, 0.25) is 10.0 Å². The number of hydrogen-bond acceptors (Lipinski definition) is 2. The van der Waals surface area contributed by atoms with Gasteiger partial charge in [0.25, 0.3) is 0 Å². The van der Waals surface area contributed by atoms with Crippen LogP contribution in [0.3, 0.4) is 0 Å². The normalized spacial score (nSPS) is 10.8. The molecule has 0 amide bonds. The Morgan fingerprint density at radius 2 is 1.81 bits per heavy atom. The summed E-state index contributed by atoms with van der Waals surface area (Å²) in [5.41, 5.74) is 2.81. The lowest BCUT2D eigenvalue weighted by Gasteiger charge is -2.08. The van der Waals surface area contributed by atoms with Crippen LogP contribution in [0.25, 0.3) is 17.1 Å². The van der Waals surface area contributed by atoms with Crippen molar-refractivity contribution in [1.29, 1.82) is 0 Å². The van der Waals surface area contributed by atoms with Gasteiger partial charge in [0.1, 0.15) is 0 Å². The van der Waals surface area contributed by atoms with E-state index in [0.29, 0.717) is 14.8 Å². The largest absolute Gasteiger partial charge is 0.268 e. The molecule has 3 rings (SSSR count). The maximum Gasteiger partial charge on any atom is 0.200 e. The van der Waals surface area contributed by atoms with Crippen LogP contribution in [0, 0.1) is 11.7 Å². The average molecular weight is 336 g/mol. The zero-order chi connectivity index (χ0) is 15.0. The number of hydrogen-bond donors (Lipinski definition) is 1. The Morgan fingerprint density at radius 1 is 1.10 bits per heavy atom. The van der Waals surface area contributed by atoms with Gasteiger partial charge in [-0.15, -0.1) is 0 Å². The van der Waals surface area contributed by atoms with Gasteiger partial charge in [0, 0.05) is 15.6 Å². The van der Waals surface area contributed by atoms with E-state index in [1.807, 2.05) is 54.0 Å². The number of nitrogens with one attached hydrogen (secondary N) is 1. The molecule has 0 radical (unpaired) electrons. The predicted molar refractivity (Wildman–Crippen MR) is 88.9 cm³/mol. The summed E-state index contributed by atoms with van der Waals surface area (Å²) < 4.78 is 2.36. The van der Waals surface area contributed by atoms with E-state index in [9.17, 15) is 0 Å². The van der Waals surface area contributed by atoms with Gasteiger partial charge >= 0.3 is 0 Å². The lowest BCUT2D eigenvalue weighted by molar-refractivity contribution is 1.03. The number of halogens is 2. The first kappa shape index (κ1) is 14.3. The van der Waals surface area contributed by atoms with E-state index in [2.05, 4.69) is 10.2 Å². The number of aromatic nitrogens is 3. The number of aryl methyl sites for hydroxylation is 1. The third kappa shape index (κ3) is 2.75. The van der Waals surface area contributed by atoms with Crippen LogP contribution >= 0.6 is 35.4 Å². The minimum Gasteiger partial charge on any atom is -0.268 e. The van der Waals surface area contributed by atoms with Crippen LogP contribution in [-0.4, -0.2) is 14.8 Å². The number of nitrogens with zero attached hydrogens (tertiary/aromatic N) is 2. The van der Waals surface area contributed by atoms with Gasteiger partial charge in [0.05, 0.1) is 5.69 Å². The number of H-pyrrole nitrogens is 1. The second-order valence-electron chi connectivity index (χ2n) is 4.63. The standard InChI is InChI=1S/C15H11Cl2N3S/c1-9-2-7-12(8-13(9)17)20-14(18-19-15(20)21)10-3-5-11(16)6-4-10/h2-8H,1H3,(H,19,21). The van der Waals surface area contributed by atoms with Crippen molar-refractivity contribution in [2.75, 3.05) is 0 Å². The molecule has 1 N–H and O–H groups in total.